The molecule has 1 saturated carbocycles. The molecule has 0 aromatic rings. The second-order valence-corrected chi connectivity index (χ2v) is 4.79. The van der Waals surface area contributed by atoms with E-state index in [-0.39, 0.29) is 0 Å². The normalized spacial score (nSPS) is 32.7. The Balaban J connectivity index is 1.50. The number of hydrogen-bond donors (Lipinski definition) is 1. The highest BCUT2D eigenvalue weighted by atomic mass is 16.5. The van der Waals surface area contributed by atoms with Crippen molar-refractivity contribution in [1.82, 2.24) is 5.32 Å². The van der Waals surface area contributed by atoms with Crippen LogP contribution in [0.2, 0.25) is 0 Å². The van der Waals surface area contributed by atoms with Gasteiger partial charge in [0.25, 0.3) is 0 Å². The molecule has 2 nitrogen and oxygen atoms in total. The van der Waals surface area contributed by atoms with E-state index in [1.165, 1.54) is 19.4 Å². The third kappa shape index (κ3) is 3.05. The highest BCUT2D eigenvalue weighted by molar-refractivity contribution is 5.10. The Morgan fingerprint density at radius 1 is 1.33 bits per heavy atom. The van der Waals surface area contributed by atoms with Crippen LogP contribution in [0.5, 0.6) is 0 Å². The van der Waals surface area contributed by atoms with Crippen LogP contribution >= 0.6 is 0 Å². The first-order valence-corrected chi connectivity index (χ1v) is 6.37. The van der Waals surface area contributed by atoms with Crippen LogP contribution in [0.25, 0.3) is 0 Å². The lowest BCUT2D eigenvalue weighted by Gasteiger charge is -2.18. The molecule has 2 aliphatic carbocycles. The Morgan fingerprint density at radius 3 is 2.93 bits per heavy atom. The molecule has 2 bridgehead atoms. The van der Waals surface area contributed by atoms with Gasteiger partial charge in [-0.25, -0.2) is 0 Å². The number of ether oxygens (including phenoxy) is 1. The monoisotopic (exact) mass is 209 g/mol. The van der Waals surface area contributed by atoms with Crippen molar-refractivity contribution in [2.45, 2.75) is 26.2 Å². The van der Waals surface area contributed by atoms with Crippen LogP contribution in [0.15, 0.2) is 12.2 Å². The molecule has 0 amide bonds. The number of hydrogen-bond acceptors (Lipinski definition) is 2. The van der Waals surface area contributed by atoms with Gasteiger partial charge in [-0.3, -0.25) is 0 Å². The number of nitrogens with one attached hydrogen (secondary N) is 1. The molecule has 0 aromatic carbocycles. The number of allylic oxidation sites excluding steroid dienone is 2. The quantitative estimate of drug-likeness (QED) is 0.513. The van der Waals surface area contributed by atoms with Gasteiger partial charge in [-0.05, 0) is 57.0 Å². The molecule has 2 rings (SSSR count). The van der Waals surface area contributed by atoms with E-state index in [0.29, 0.717) is 0 Å². The number of fused-ring (bicyclic) bond motifs is 2. The van der Waals surface area contributed by atoms with Crippen LogP contribution < -0.4 is 5.32 Å². The Labute approximate surface area is 93.1 Å². The predicted molar refractivity (Wildman–Crippen MR) is 62.8 cm³/mol. The first kappa shape index (κ1) is 11.2. The minimum atomic E-state index is 0.844. The van der Waals surface area contributed by atoms with Gasteiger partial charge < -0.3 is 10.1 Å². The van der Waals surface area contributed by atoms with Crippen molar-refractivity contribution in [3.63, 3.8) is 0 Å². The van der Waals surface area contributed by atoms with Gasteiger partial charge >= 0.3 is 0 Å². The van der Waals surface area contributed by atoms with E-state index in [4.69, 9.17) is 4.74 Å². The van der Waals surface area contributed by atoms with E-state index in [1.807, 2.05) is 0 Å². The lowest BCUT2D eigenvalue weighted by Crippen LogP contribution is -2.26. The fourth-order valence-corrected chi connectivity index (χ4v) is 2.86. The molecule has 1 N–H and O–H groups in total. The van der Waals surface area contributed by atoms with Gasteiger partial charge in [0, 0.05) is 13.2 Å². The summed E-state index contributed by atoms with van der Waals surface area (Å²) in [6.07, 6.45) is 8.83. The predicted octanol–water partition coefficient (Wildman–Crippen LogP) is 2.21. The summed E-state index contributed by atoms with van der Waals surface area (Å²) in [6.45, 7) is 6.11. The minimum absolute atomic E-state index is 0.844. The Morgan fingerprint density at radius 2 is 2.27 bits per heavy atom. The molecule has 0 saturated heterocycles. The topological polar surface area (TPSA) is 21.3 Å². The average Bonchev–Trinajstić information content (AvgIpc) is 2.85. The smallest absolute Gasteiger partial charge is 0.0477 e. The van der Waals surface area contributed by atoms with E-state index in [9.17, 15) is 0 Å². The summed E-state index contributed by atoms with van der Waals surface area (Å²) in [5.74, 6) is 2.70. The first-order chi connectivity index (χ1) is 7.40. The maximum atomic E-state index is 5.30. The third-order valence-corrected chi connectivity index (χ3v) is 3.67. The average molecular weight is 209 g/mol. The highest BCUT2D eigenvalue weighted by Crippen LogP contribution is 2.42. The molecule has 0 aromatic heterocycles. The first-order valence-electron chi connectivity index (χ1n) is 6.37. The minimum Gasteiger partial charge on any atom is -0.382 e. The van der Waals surface area contributed by atoms with Crippen LogP contribution in [-0.2, 0) is 4.74 Å². The van der Waals surface area contributed by atoms with E-state index in [2.05, 4.69) is 24.4 Å². The summed E-state index contributed by atoms with van der Waals surface area (Å²) < 4.78 is 5.30. The zero-order valence-corrected chi connectivity index (χ0v) is 9.74. The van der Waals surface area contributed by atoms with E-state index in [0.717, 1.165) is 43.9 Å². The molecule has 2 heteroatoms. The fourth-order valence-electron chi connectivity index (χ4n) is 2.86. The molecular weight excluding hydrogens is 186 g/mol. The fraction of sp³-hybridized carbons (Fsp3) is 0.846. The summed E-state index contributed by atoms with van der Waals surface area (Å²) >= 11 is 0. The maximum Gasteiger partial charge on any atom is 0.0477 e. The Kier molecular flexibility index (Phi) is 4.21. The molecule has 0 unspecified atom stereocenters. The molecule has 0 radical (unpaired) electrons. The van der Waals surface area contributed by atoms with Crippen LogP contribution in [0.3, 0.4) is 0 Å². The Hall–Kier alpha value is -0.340. The molecular formula is C13H23NO. The molecule has 1 fully saturated rings. The molecule has 86 valence electrons. The lowest BCUT2D eigenvalue weighted by atomic mass is 9.94. The third-order valence-electron chi connectivity index (χ3n) is 3.67. The molecule has 15 heavy (non-hydrogen) atoms. The highest BCUT2D eigenvalue weighted by Gasteiger charge is 2.34. The zero-order chi connectivity index (χ0) is 10.5. The van der Waals surface area contributed by atoms with Gasteiger partial charge in [0.1, 0.15) is 0 Å². The molecule has 0 heterocycles. The zero-order valence-electron chi connectivity index (χ0n) is 9.74. The van der Waals surface area contributed by atoms with Gasteiger partial charge in [0.2, 0.25) is 0 Å². The van der Waals surface area contributed by atoms with E-state index >= 15 is 0 Å². The summed E-state index contributed by atoms with van der Waals surface area (Å²) in [4.78, 5) is 0. The van der Waals surface area contributed by atoms with Crippen molar-refractivity contribution < 1.29 is 4.74 Å². The summed E-state index contributed by atoms with van der Waals surface area (Å²) in [7, 11) is 0. The van der Waals surface area contributed by atoms with E-state index < -0.39 is 0 Å². The van der Waals surface area contributed by atoms with Gasteiger partial charge in [-0.15, -0.1) is 0 Å². The van der Waals surface area contributed by atoms with Crippen molar-refractivity contribution >= 4 is 0 Å². The van der Waals surface area contributed by atoms with Gasteiger partial charge in [0.15, 0.2) is 0 Å². The van der Waals surface area contributed by atoms with Crippen LogP contribution in [-0.4, -0.2) is 26.3 Å². The SMILES string of the molecule is CCOCCCNC[C@H]1C[C@@H]2C=C[C@H]1C2. The molecule has 0 spiro atoms. The molecule has 2 aliphatic rings. The van der Waals surface area contributed by atoms with Gasteiger partial charge in [-0.2, -0.15) is 0 Å². The largest absolute Gasteiger partial charge is 0.382 e. The van der Waals surface area contributed by atoms with Crippen LogP contribution in [0, 0.1) is 17.8 Å². The second kappa shape index (κ2) is 5.66. The van der Waals surface area contributed by atoms with Crippen molar-refractivity contribution in [2.24, 2.45) is 17.8 Å². The molecule has 0 aliphatic heterocycles. The summed E-state index contributed by atoms with van der Waals surface area (Å²) in [6, 6.07) is 0. The summed E-state index contributed by atoms with van der Waals surface area (Å²) in [5, 5.41) is 3.56. The standard InChI is InChI=1S/C13H23NO/c1-2-15-7-3-6-14-10-13-9-11-4-5-12(13)8-11/h4-5,11-14H,2-3,6-10H2,1H3/t11-,12+,13-/m1/s1. The van der Waals surface area contributed by atoms with Crippen LogP contribution in [0.1, 0.15) is 26.2 Å². The van der Waals surface area contributed by atoms with Crippen molar-refractivity contribution in [3.8, 4) is 0 Å². The molecule has 3 atom stereocenters. The lowest BCUT2D eigenvalue weighted by molar-refractivity contribution is 0.144. The number of rotatable bonds is 7. The second-order valence-electron chi connectivity index (χ2n) is 4.79. The van der Waals surface area contributed by atoms with Crippen molar-refractivity contribution in [2.75, 3.05) is 26.3 Å². The maximum absolute atomic E-state index is 5.30. The van der Waals surface area contributed by atoms with E-state index in [1.54, 1.807) is 0 Å². The Bertz CT molecular complexity index is 215. The van der Waals surface area contributed by atoms with Crippen LogP contribution in [0.4, 0.5) is 0 Å². The van der Waals surface area contributed by atoms with Crippen molar-refractivity contribution in [3.05, 3.63) is 12.2 Å². The van der Waals surface area contributed by atoms with Crippen molar-refractivity contribution in [1.29, 1.82) is 0 Å². The summed E-state index contributed by atoms with van der Waals surface area (Å²) in [5.41, 5.74) is 0. The van der Waals surface area contributed by atoms with Gasteiger partial charge in [0.05, 0.1) is 0 Å². The van der Waals surface area contributed by atoms with Gasteiger partial charge in [-0.1, -0.05) is 12.2 Å².